The van der Waals surface area contributed by atoms with Crippen molar-refractivity contribution in [2.24, 2.45) is 23.7 Å². The quantitative estimate of drug-likeness (QED) is 0.0222. The predicted octanol–water partition coefficient (Wildman–Crippen LogP) is 22.8. The zero-order valence-electron chi connectivity index (χ0n) is 63.7. The van der Waals surface area contributed by atoms with Gasteiger partial charge in [0.05, 0.1) is 26.4 Å². The average Bonchev–Trinajstić information content (AvgIpc) is 1.30. The van der Waals surface area contributed by atoms with Crippen molar-refractivity contribution in [1.82, 2.24) is 0 Å². The molecule has 0 radical (unpaired) electrons. The summed E-state index contributed by atoms with van der Waals surface area (Å²) in [6, 6.07) is 0. The minimum absolute atomic E-state index is 0.105. The standard InChI is InChI=1S/C78H152O17P2/c1-9-71(8)57-49-41-33-25-18-16-14-12-10-11-13-15-17-19-26-35-44-52-60-77(82)94-73(64-88-75(80)58-50-42-34-28-22-24-31-39-47-55-69(4)5)66-92-96(84,85)90-62-72(79)63-91-97(86,87)93-67-74(65-89-76(81)59-51-43-37-29-32-40-48-56-70(6)7)95-78(83)61-53-45-36-27-21-20-23-30-38-46-54-68(2)3/h68-74,79H,9-67H2,1-8H3,(H,84,85)(H,86,87)/t71?,72?,73-,74-/m1/s1. The van der Waals surface area contributed by atoms with E-state index in [1.165, 1.54) is 193 Å². The zero-order valence-corrected chi connectivity index (χ0v) is 65.5. The van der Waals surface area contributed by atoms with Crippen molar-refractivity contribution in [2.45, 2.75) is 414 Å². The van der Waals surface area contributed by atoms with E-state index in [0.717, 1.165) is 114 Å². The SMILES string of the molecule is CCC(C)CCCCCCCCCCCCCCCCCCCCC(=O)O[C@H](COC(=O)CCCCCCCCCCCC(C)C)COP(=O)(O)OCC(O)COP(=O)(O)OC[C@@H](COC(=O)CCCCCCCCCC(C)C)OC(=O)CCCCCCCCCCCCC(C)C. The Morgan fingerprint density at radius 2 is 0.495 bits per heavy atom. The summed E-state index contributed by atoms with van der Waals surface area (Å²) in [4.78, 5) is 72.8. The van der Waals surface area contributed by atoms with Gasteiger partial charge < -0.3 is 33.8 Å². The molecule has 0 aliphatic rings. The van der Waals surface area contributed by atoms with Crippen LogP contribution in [0.15, 0.2) is 0 Å². The van der Waals surface area contributed by atoms with Crippen LogP contribution in [0.25, 0.3) is 0 Å². The maximum Gasteiger partial charge on any atom is 0.472 e. The largest absolute Gasteiger partial charge is 0.472 e. The minimum atomic E-state index is -4.96. The lowest BCUT2D eigenvalue weighted by molar-refractivity contribution is -0.161. The molecule has 0 bridgehead atoms. The fourth-order valence-electron chi connectivity index (χ4n) is 11.9. The number of hydrogen-bond donors (Lipinski definition) is 3. The van der Waals surface area contributed by atoms with E-state index in [1.54, 1.807) is 0 Å². The van der Waals surface area contributed by atoms with Gasteiger partial charge in [0.2, 0.25) is 0 Å². The van der Waals surface area contributed by atoms with Crippen LogP contribution in [-0.4, -0.2) is 96.7 Å². The molecule has 6 atom stereocenters. The molecule has 4 unspecified atom stereocenters. The molecule has 19 heteroatoms. The summed E-state index contributed by atoms with van der Waals surface area (Å²) in [6.07, 6.45) is 52.9. The number of phosphoric ester groups is 2. The van der Waals surface area contributed by atoms with Gasteiger partial charge in [-0.25, -0.2) is 9.13 Å². The molecular weight excluding hydrogens is 1270 g/mol. The number of carbonyl (C=O) groups excluding carboxylic acids is 4. The van der Waals surface area contributed by atoms with Crippen LogP contribution in [0.5, 0.6) is 0 Å². The van der Waals surface area contributed by atoms with Crippen LogP contribution in [0, 0.1) is 23.7 Å². The highest BCUT2D eigenvalue weighted by atomic mass is 31.2. The fraction of sp³-hybridized carbons (Fsp3) is 0.949. The van der Waals surface area contributed by atoms with Crippen LogP contribution in [0.4, 0.5) is 0 Å². The van der Waals surface area contributed by atoms with Crippen molar-refractivity contribution in [2.75, 3.05) is 39.6 Å². The van der Waals surface area contributed by atoms with Gasteiger partial charge in [-0.2, -0.15) is 0 Å². The number of esters is 4. The van der Waals surface area contributed by atoms with E-state index in [4.69, 9.17) is 37.0 Å². The Balaban J connectivity index is 5.19. The van der Waals surface area contributed by atoms with Crippen molar-refractivity contribution < 1.29 is 80.2 Å². The van der Waals surface area contributed by atoms with Gasteiger partial charge in [-0.1, -0.05) is 344 Å². The Morgan fingerprint density at radius 1 is 0.289 bits per heavy atom. The van der Waals surface area contributed by atoms with Crippen molar-refractivity contribution in [1.29, 1.82) is 0 Å². The normalized spacial score (nSPS) is 14.4. The Kier molecular flexibility index (Phi) is 65.9. The second-order valence-corrected chi connectivity index (χ2v) is 32.7. The molecule has 0 saturated carbocycles. The van der Waals surface area contributed by atoms with Crippen LogP contribution in [0.1, 0.15) is 396 Å². The summed E-state index contributed by atoms with van der Waals surface area (Å²) >= 11 is 0. The number of ether oxygens (including phenoxy) is 4. The molecule has 0 aromatic heterocycles. The molecule has 0 spiro atoms. The van der Waals surface area contributed by atoms with Crippen molar-refractivity contribution in [3.63, 3.8) is 0 Å². The van der Waals surface area contributed by atoms with Crippen LogP contribution in [-0.2, 0) is 65.4 Å². The molecule has 0 saturated heterocycles. The maximum atomic E-state index is 13.1. The van der Waals surface area contributed by atoms with E-state index < -0.39 is 97.5 Å². The smallest absolute Gasteiger partial charge is 0.462 e. The lowest BCUT2D eigenvalue weighted by Crippen LogP contribution is -2.30. The van der Waals surface area contributed by atoms with Crippen LogP contribution < -0.4 is 0 Å². The minimum Gasteiger partial charge on any atom is -0.462 e. The molecular formula is C78H152O17P2. The third-order valence-corrected chi connectivity index (χ3v) is 20.3. The van der Waals surface area contributed by atoms with Gasteiger partial charge in [-0.15, -0.1) is 0 Å². The third-order valence-electron chi connectivity index (χ3n) is 18.4. The van der Waals surface area contributed by atoms with Gasteiger partial charge in [-0.05, 0) is 49.4 Å². The summed E-state index contributed by atoms with van der Waals surface area (Å²) in [6.45, 7) is 14.2. The number of aliphatic hydroxyl groups excluding tert-OH is 1. The first-order valence-electron chi connectivity index (χ1n) is 40.2. The summed E-state index contributed by atoms with van der Waals surface area (Å²) < 4.78 is 68.5. The number of rotatable bonds is 75. The predicted molar refractivity (Wildman–Crippen MR) is 395 cm³/mol. The highest BCUT2D eigenvalue weighted by molar-refractivity contribution is 7.47. The van der Waals surface area contributed by atoms with Gasteiger partial charge in [0.15, 0.2) is 12.2 Å². The average molecular weight is 1420 g/mol. The number of hydrogen-bond acceptors (Lipinski definition) is 15. The highest BCUT2D eigenvalue weighted by Gasteiger charge is 2.30. The van der Waals surface area contributed by atoms with Crippen LogP contribution in [0.2, 0.25) is 0 Å². The molecule has 0 aromatic rings. The van der Waals surface area contributed by atoms with Gasteiger partial charge >= 0.3 is 39.5 Å². The van der Waals surface area contributed by atoms with E-state index in [9.17, 15) is 43.2 Å². The summed E-state index contributed by atoms with van der Waals surface area (Å²) in [7, 11) is -9.91. The van der Waals surface area contributed by atoms with Crippen molar-refractivity contribution in [3.05, 3.63) is 0 Å². The first-order valence-corrected chi connectivity index (χ1v) is 43.2. The Bertz CT molecular complexity index is 1900. The van der Waals surface area contributed by atoms with E-state index >= 15 is 0 Å². The third kappa shape index (κ3) is 70.9. The maximum absolute atomic E-state index is 13.1. The van der Waals surface area contributed by atoms with E-state index in [1.807, 2.05) is 0 Å². The van der Waals surface area contributed by atoms with Crippen molar-refractivity contribution in [3.8, 4) is 0 Å². The second-order valence-electron chi connectivity index (χ2n) is 29.8. The lowest BCUT2D eigenvalue weighted by atomic mass is 9.99. The highest BCUT2D eigenvalue weighted by Crippen LogP contribution is 2.45. The van der Waals surface area contributed by atoms with Gasteiger partial charge in [-0.3, -0.25) is 37.3 Å². The summed E-state index contributed by atoms with van der Waals surface area (Å²) in [5.74, 6) is 0.951. The molecule has 97 heavy (non-hydrogen) atoms. The van der Waals surface area contributed by atoms with Gasteiger partial charge in [0.25, 0.3) is 0 Å². The molecule has 576 valence electrons. The van der Waals surface area contributed by atoms with Crippen LogP contribution >= 0.6 is 15.6 Å². The molecule has 0 aliphatic carbocycles. The molecule has 0 aromatic carbocycles. The van der Waals surface area contributed by atoms with Gasteiger partial charge in [0.1, 0.15) is 19.3 Å². The van der Waals surface area contributed by atoms with Crippen LogP contribution in [0.3, 0.4) is 0 Å². The molecule has 17 nitrogen and oxygen atoms in total. The van der Waals surface area contributed by atoms with Crippen molar-refractivity contribution >= 4 is 39.5 Å². The molecule has 0 fully saturated rings. The zero-order chi connectivity index (χ0) is 71.7. The molecule has 0 heterocycles. The summed E-state index contributed by atoms with van der Waals surface area (Å²) in [5.41, 5.74) is 0. The topological polar surface area (TPSA) is 237 Å². The Labute approximate surface area is 594 Å². The number of unbranched alkanes of at least 4 members (excludes halogenated alkanes) is 40. The number of phosphoric acid groups is 2. The number of carbonyl (C=O) groups is 4. The molecule has 3 N–H and O–H groups in total. The first kappa shape index (κ1) is 95.1. The van der Waals surface area contributed by atoms with Gasteiger partial charge in [0, 0.05) is 25.7 Å². The van der Waals surface area contributed by atoms with E-state index in [-0.39, 0.29) is 25.7 Å². The monoisotopic (exact) mass is 1420 g/mol. The second kappa shape index (κ2) is 67.2. The molecule has 0 rings (SSSR count). The first-order chi connectivity index (χ1) is 46.6. The van der Waals surface area contributed by atoms with E-state index in [2.05, 4.69) is 55.4 Å². The molecule has 0 aliphatic heterocycles. The Hall–Kier alpha value is -1.94. The number of aliphatic hydroxyl groups is 1. The van der Waals surface area contributed by atoms with E-state index in [0.29, 0.717) is 31.6 Å². The fourth-order valence-corrected chi connectivity index (χ4v) is 13.5. The summed E-state index contributed by atoms with van der Waals surface area (Å²) in [5, 5.41) is 10.6. The Morgan fingerprint density at radius 3 is 0.732 bits per heavy atom. The molecule has 0 amide bonds. The lowest BCUT2D eigenvalue weighted by Gasteiger charge is -2.21.